The number of aliphatic hydroxyl groups is 1. The molecule has 2 aliphatic heterocycles. The van der Waals surface area contributed by atoms with Gasteiger partial charge in [-0.05, 0) is 80.2 Å². The molecule has 0 saturated carbocycles. The van der Waals surface area contributed by atoms with Crippen LogP contribution in [0.25, 0.3) is 0 Å². The van der Waals surface area contributed by atoms with Crippen LogP contribution in [0.2, 0.25) is 18.6 Å². The number of amides is 1. The fraction of sp³-hybridized carbons (Fsp3) is 0.382. The molecule has 1 N–H and O–H groups in total. The summed E-state index contributed by atoms with van der Waals surface area (Å²) in [5.41, 5.74) is 3.67. The minimum atomic E-state index is -3.01. The van der Waals surface area contributed by atoms with Crippen LogP contribution in [0.15, 0.2) is 79.0 Å². The highest BCUT2D eigenvalue weighted by molar-refractivity contribution is 6.72. The number of anilines is 2. The van der Waals surface area contributed by atoms with Gasteiger partial charge in [-0.1, -0.05) is 48.5 Å². The zero-order valence-corrected chi connectivity index (χ0v) is 26.4. The number of benzene rings is 3. The van der Waals surface area contributed by atoms with Gasteiger partial charge in [-0.15, -0.1) is 5.10 Å². The molecule has 6 rings (SSSR count). The number of aromatic nitrogens is 3. The van der Waals surface area contributed by atoms with E-state index < -0.39 is 8.41 Å². The molecular weight excluding hydrogens is 575 g/mol. The Morgan fingerprint density at radius 2 is 1.73 bits per heavy atom. The van der Waals surface area contributed by atoms with Crippen LogP contribution in [0.1, 0.15) is 41.4 Å². The van der Waals surface area contributed by atoms with E-state index in [0.29, 0.717) is 42.1 Å². The van der Waals surface area contributed by atoms with Gasteiger partial charge in [0.25, 0.3) is 5.91 Å². The third-order valence-corrected chi connectivity index (χ3v) is 11.3. The minimum Gasteiger partial charge on any atom is -0.454 e. The number of nitrogens with zero attached hydrogens (tertiary/aromatic N) is 4. The smallest absolute Gasteiger partial charge is 0.266 e. The fourth-order valence-electron chi connectivity index (χ4n) is 6.81. The van der Waals surface area contributed by atoms with Crippen molar-refractivity contribution in [3.63, 3.8) is 0 Å². The lowest BCUT2D eigenvalue weighted by molar-refractivity contribution is 0.0247. The SMILES string of the molecule is C[C@H]1[C@H]([Si](C)(C)F)[C@@H](CCn2cc(CCO)nn2)O[C@H]1CCc1cccc(N2C(=O)c3ccccc3Oc3ccccc32)c1. The maximum atomic E-state index is 15.7. The van der Waals surface area contributed by atoms with E-state index in [1.807, 2.05) is 60.8 Å². The lowest BCUT2D eigenvalue weighted by atomic mass is 9.95. The number of rotatable bonds is 10. The van der Waals surface area contributed by atoms with Gasteiger partial charge in [-0.2, -0.15) is 0 Å². The highest BCUT2D eigenvalue weighted by Crippen LogP contribution is 2.47. The number of ether oxygens (including phenoxy) is 2. The first-order valence-electron chi connectivity index (χ1n) is 15.4. The molecule has 4 atom stereocenters. The third kappa shape index (κ3) is 6.20. The Morgan fingerprint density at radius 1 is 0.955 bits per heavy atom. The van der Waals surface area contributed by atoms with Crippen LogP contribution >= 0.6 is 0 Å². The molecule has 8 nitrogen and oxygen atoms in total. The first-order chi connectivity index (χ1) is 21.2. The van der Waals surface area contributed by atoms with Crippen molar-refractivity contribution in [2.24, 2.45) is 5.92 Å². The summed E-state index contributed by atoms with van der Waals surface area (Å²) in [5, 5.41) is 17.4. The third-order valence-electron chi connectivity index (χ3n) is 8.83. The molecule has 1 fully saturated rings. The zero-order valence-electron chi connectivity index (χ0n) is 25.4. The maximum absolute atomic E-state index is 15.7. The predicted octanol–water partition coefficient (Wildman–Crippen LogP) is 6.87. The largest absolute Gasteiger partial charge is 0.454 e. The fourth-order valence-corrected chi connectivity index (χ4v) is 9.40. The number of carbonyl (C=O) groups is 1. The highest BCUT2D eigenvalue weighted by Gasteiger charge is 2.50. The highest BCUT2D eigenvalue weighted by atomic mass is 28.4. The molecule has 4 aromatic rings. The number of aliphatic hydroxyl groups excluding tert-OH is 1. The second-order valence-electron chi connectivity index (χ2n) is 12.3. The van der Waals surface area contributed by atoms with E-state index in [2.05, 4.69) is 29.4 Å². The van der Waals surface area contributed by atoms with E-state index in [4.69, 9.17) is 14.6 Å². The standard InChI is InChI=1S/C34H39FN4O4Si/c1-23-29(42-32(33(23)44(2,3)35)17-19-38-22-25(18-20-40)36-37-38)16-15-24-9-8-10-26(21-24)39-28-12-5-7-14-31(28)43-30-13-6-4-11-27(30)34(39)41/h4-14,21-23,29,32-33,40H,15-20H2,1-3H3/t23-,29+,32-,33+/m1/s1. The van der Waals surface area contributed by atoms with Gasteiger partial charge in [-0.25, -0.2) is 0 Å². The monoisotopic (exact) mass is 614 g/mol. The van der Waals surface area contributed by atoms with Gasteiger partial charge in [0, 0.05) is 37.0 Å². The lowest BCUT2D eigenvalue weighted by Crippen LogP contribution is -2.36. The number of hydrogen-bond donors (Lipinski definition) is 1. The molecule has 0 bridgehead atoms. The molecule has 1 saturated heterocycles. The molecule has 3 aromatic carbocycles. The Labute approximate surface area is 258 Å². The van der Waals surface area contributed by atoms with Crippen molar-refractivity contribution in [3.8, 4) is 11.5 Å². The van der Waals surface area contributed by atoms with Crippen molar-refractivity contribution in [2.45, 2.75) is 70.0 Å². The normalized spacial score (nSPS) is 21.5. The topological polar surface area (TPSA) is 89.7 Å². The van der Waals surface area contributed by atoms with Crippen LogP contribution < -0.4 is 9.64 Å². The summed E-state index contributed by atoms with van der Waals surface area (Å²) in [6.45, 7) is 6.30. The van der Waals surface area contributed by atoms with Crippen LogP contribution in [-0.4, -0.2) is 53.2 Å². The molecule has 1 aromatic heterocycles. The van der Waals surface area contributed by atoms with Crippen molar-refractivity contribution in [3.05, 3.63) is 95.8 Å². The van der Waals surface area contributed by atoms with E-state index in [0.717, 1.165) is 29.8 Å². The van der Waals surface area contributed by atoms with Gasteiger partial charge in [0.05, 0.1) is 29.2 Å². The van der Waals surface area contributed by atoms with Crippen molar-refractivity contribution in [1.82, 2.24) is 15.0 Å². The summed E-state index contributed by atoms with van der Waals surface area (Å²) in [5.74, 6) is 1.10. The van der Waals surface area contributed by atoms with E-state index in [-0.39, 0.29) is 36.2 Å². The Bertz CT molecular complexity index is 1620. The Kier molecular flexibility index (Phi) is 8.66. The minimum absolute atomic E-state index is 0.0280. The Hall–Kier alpha value is -3.86. The van der Waals surface area contributed by atoms with Crippen molar-refractivity contribution < 1.29 is 23.5 Å². The molecule has 0 spiro atoms. The van der Waals surface area contributed by atoms with Gasteiger partial charge in [0.15, 0.2) is 5.75 Å². The maximum Gasteiger partial charge on any atom is 0.266 e. The second kappa shape index (κ2) is 12.6. The first kappa shape index (κ1) is 30.2. The van der Waals surface area contributed by atoms with Gasteiger partial charge in [-0.3, -0.25) is 14.4 Å². The van der Waals surface area contributed by atoms with Crippen LogP contribution in [0, 0.1) is 5.92 Å². The van der Waals surface area contributed by atoms with E-state index in [1.54, 1.807) is 28.7 Å². The summed E-state index contributed by atoms with van der Waals surface area (Å²) < 4.78 is 30.2. The zero-order chi connectivity index (χ0) is 30.8. The Morgan fingerprint density at radius 3 is 2.52 bits per heavy atom. The molecule has 0 radical (unpaired) electrons. The molecule has 1 amide bonds. The molecule has 10 heteroatoms. The number of halogens is 1. The van der Waals surface area contributed by atoms with Crippen LogP contribution in [-0.2, 0) is 24.1 Å². The van der Waals surface area contributed by atoms with Crippen molar-refractivity contribution in [2.75, 3.05) is 11.5 Å². The molecule has 0 unspecified atom stereocenters. The van der Waals surface area contributed by atoms with Crippen molar-refractivity contribution in [1.29, 1.82) is 0 Å². The van der Waals surface area contributed by atoms with E-state index in [9.17, 15) is 4.79 Å². The van der Waals surface area contributed by atoms with Gasteiger partial charge >= 0.3 is 0 Å². The average Bonchev–Trinajstić information content (AvgIpc) is 3.56. The summed E-state index contributed by atoms with van der Waals surface area (Å²) >= 11 is 0. The number of aryl methyl sites for hydroxylation is 2. The number of hydrogen-bond acceptors (Lipinski definition) is 6. The van der Waals surface area contributed by atoms with E-state index in [1.165, 1.54) is 0 Å². The molecule has 0 aliphatic carbocycles. The van der Waals surface area contributed by atoms with Gasteiger partial charge in [0.2, 0.25) is 8.41 Å². The molecule has 2 aliphatic rings. The summed E-state index contributed by atoms with van der Waals surface area (Å²) in [7, 11) is -3.01. The van der Waals surface area contributed by atoms with Gasteiger partial charge in [0.1, 0.15) is 5.75 Å². The molecule has 3 heterocycles. The van der Waals surface area contributed by atoms with Gasteiger partial charge < -0.3 is 18.7 Å². The molecule has 230 valence electrons. The van der Waals surface area contributed by atoms with Crippen molar-refractivity contribution >= 4 is 25.7 Å². The second-order valence-corrected chi connectivity index (χ2v) is 16.1. The quantitative estimate of drug-likeness (QED) is 0.155. The number of carbonyl (C=O) groups excluding carboxylic acids is 1. The molecular formula is C34H39FN4O4Si. The number of para-hydroxylation sites is 3. The molecule has 44 heavy (non-hydrogen) atoms. The average molecular weight is 615 g/mol. The summed E-state index contributed by atoms with van der Waals surface area (Å²) in [6.07, 6.45) is 4.19. The Balaban J connectivity index is 1.18. The number of fused-ring (bicyclic) bond motifs is 2. The predicted molar refractivity (Wildman–Crippen MR) is 170 cm³/mol. The van der Waals surface area contributed by atoms with E-state index >= 15 is 4.11 Å². The lowest BCUT2D eigenvalue weighted by Gasteiger charge is -2.28. The van der Waals surface area contributed by atoms with Crippen LogP contribution in [0.4, 0.5) is 15.5 Å². The summed E-state index contributed by atoms with van der Waals surface area (Å²) in [4.78, 5) is 15.6. The van der Waals surface area contributed by atoms with Crippen LogP contribution in [0.5, 0.6) is 11.5 Å². The first-order valence-corrected chi connectivity index (χ1v) is 18.3. The summed E-state index contributed by atoms with van der Waals surface area (Å²) in [6, 6.07) is 22.9. The van der Waals surface area contributed by atoms with Crippen LogP contribution in [0.3, 0.4) is 0 Å².